The smallest absolute Gasteiger partial charge is 0.00775 e. The molecule has 1 saturated carbocycles. The molecule has 0 bridgehead atoms. The molecule has 0 atom stereocenters. The fourth-order valence-corrected chi connectivity index (χ4v) is 3.55. The highest BCUT2D eigenvalue weighted by atomic mass is 15.1. The largest absolute Gasteiger partial charge is 0.314 e. The molecule has 18 heavy (non-hydrogen) atoms. The minimum atomic E-state index is 0.736. The van der Waals surface area contributed by atoms with Crippen LogP contribution in [0.15, 0.2) is 0 Å². The average Bonchev–Trinajstić information content (AvgIpc) is 2.32. The van der Waals surface area contributed by atoms with Gasteiger partial charge < -0.3 is 10.2 Å². The molecular formula is C16H34N2. The molecule has 1 N–H and O–H groups in total. The topological polar surface area (TPSA) is 15.3 Å². The number of nitrogens with one attached hydrogen (secondary N) is 1. The number of piperidine rings is 1. The molecule has 0 radical (unpaired) electrons. The van der Waals surface area contributed by atoms with Gasteiger partial charge in [-0.3, -0.25) is 0 Å². The van der Waals surface area contributed by atoms with E-state index in [0.717, 1.165) is 23.9 Å². The van der Waals surface area contributed by atoms with Gasteiger partial charge in [0.1, 0.15) is 0 Å². The summed E-state index contributed by atoms with van der Waals surface area (Å²) in [6.07, 6.45) is 5.77. The molecule has 0 amide bonds. The lowest BCUT2D eigenvalue weighted by molar-refractivity contribution is 0.00383. The standard InChI is InChI=1S/C14H28N2.C2H6/c1-4-15-13-9-14(10-13)5-7-16(8-6-14)11-12(2)3;1-2/h12-13,15H,4-11H2,1-3H3;1-2H3. The minimum absolute atomic E-state index is 0.736. The highest BCUT2D eigenvalue weighted by molar-refractivity contribution is 5.00. The summed E-state index contributed by atoms with van der Waals surface area (Å²) in [6, 6.07) is 0.835. The lowest BCUT2D eigenvalue weighted by atomic mass is 9.60. The van der Waals surface area contributed by atoms with E-state index in [0.29, 0.717) is 0 Å². The average molecular weight is 254 g/mol. The molecule has 1 heterocycles. The Morgan fingerprint density at radius 2 is 1.72 bits per heavy atom. The molecule has 1 spiro atoms. The first kappa shape index (κ1) is 16.0. The van der Waals surface area contributed by atoms with Gasteiger partial charge in [-0.25, -0.2) is 0 Å². The van der Waals surface area contributed by atoms with E-state index in [1.807, 2.05) is 13.8 Å². The van der Waals surface area contributed by atoms with Crippen LogP contribution in [-0.2, 0) is 0 Å². The summed E-state index contributed by atoms with van der Waals surface area (Å²) < 4.78 is 0. The lowest BCUT2D eigenvalue weighted by Crippen LogP contribution is -2.54. The minimum Gasteiger partial charge on any atom is -0.314 e. The maximum Gasteiger partial charge on any atom is 0.00775 e. The quantitative estimate of drug-likeness (QED) is 0.826. The Labute approximate surface area is 115 Å². The van der Waals surface area contributed by atoms with Gasteiger partial charge in [0.15, 0.2) is 0 Å². The summed E-state index contributed by atoms with van der Waals surface area (Å²) in [5, 5.41) is 3.58. The second-order valence-corrected chi connectivity index (χ2v) is 6.36. The molecule has 0 unspecified atom stereocenters. The van der Waals surface area contributed by atoms with E-state index in [-0.39, 0.29) is 0 Å². The lowest BCUT2D eigenvalue weighted by Gasteiger charge is -2.52. The summed E-state index contributed by atoms with van der Waals surface area (Å²) in [7, 11) is 0. The van der Waals surface area contributed by atoms with Crippen molar-refractivity contribution in [2.45, 2.75) is 66.3 Å². The fourth-order valence-electron chi connectivity index (χ4n) is 3.55. The molecule has 1 aliphatic carbocycles. The third kappa shape index (κ3) is 4.24. The van der Waals surface area contributed by atoms with Gasteiger partial charge in [-0.2, -0.15) is 0 Å². The van der Waals surface area contributed by atoms with E-state index in [9.17, 15) is 0 Å². The zero-order chi connectivity index (χ0) is 13.6. The van der Waals surface area contributed by atoms with Crippen molar-refractivity contribution in [2.75, 3.05) is 26.2 Å². The van der Waals surface area contributed by atoms with E-state index in [1.54, 1.807) is 0 Å². The van der Waals surface area contributed by atoms with Crippen LogP contribution in [0.5, 0.6) is 0 Å². The van der Waals surface area contributed by atoms with E-state index >= 15 is 0 Å². The summed E-state index contributed by atoms with van der Waals surface area (Å²) in [5.41, 5.74) is 0.736. The van der Waals surface area contributed by atoms with E-state index in [1.165, 1.54) is 45.3 Å². The van der Waals surface area contributed by atoms with Crippen LogP contribution in [0.4, 0.5) is 0 Å². The van der Waals surface area contributed by atoms with Crippen molar-refractivity contribution in [3.63, 3.8) is 0 Å². The first-order chi connectivity index (χ1) is 8.63. The normalized spacial score (nSPS) is 23.7. The van der Waals surface area contributed by atoms with Crippen LogP contribution in [0, 0.1) is 11.3 Å². The molecule has 2 fully saturated rings. The van der Waals surface area contributed by atoms with Crippen molar-refractivity contribution < 1.29 is 0 Å². The van der Waals surface area contributed by atoms with Gasteiger partial charge in [0.25, 0.3) is 0 Å². The van der Waals surface area contributed by atoms with Crippen molar-refractivity contribution in [3.8, 4) is 0 Å². The Morgan fingerprint density at radius 3 is 2.17 bits per heavy atom. The molecular weight excluding hydrogens is 220 g/mol. The van der Waals surface area contributed by atoms with Crippen molar-refractivity contribution in [1.82, 2.24) is 10.2 Å². The number of hydrogen-bond donors (Lipinski definition) is 1. The molecule has 2 rings (SSSR count). The zero-order valence-corrected chi connectivity index (χ0v) is 13.3. The Kier molecular flexibility index (Phi) is 6.65. The molecule has 0 aromatic carbocycles. The van der Waals surface area contributed by atoms with Crippen LogP contribution < -0.4 is 5.32 Å². The summed E-state index contributed by atoms with van der Waals surface area (Å²) >= 11 is 0. The van der Waals surface area contributed by atoms with Gasteiger partial charge in [0.05, 0.1) is 0 Å². The van der Waals surface area contributed by atoms with Crippen LogP contribution in [0.2, 0.25) is 0 Å². The third-order valence-electron chi connectivity index (χ3n) is 4.39. The fraction of sp³-hybridized carbons (Fsp3) is 1.00. The van der Waals surface area contributed by atoms with Crippen molar-refractivity contribution in [1.29, 1.82) is 0 Å². The van der Waals surface area contributed by atoms with Crippen molar-refractivity contribution in [3.05, 3.63) is 0 Å². The molecule has 0 aromatic heterocycles. The van der Waals surface area contributed by atoms with Crippen molar-refractivity contribution in [2.24, 2.45) is 11.3 Å². The monoisotopic (exact) mass is 254 g/mol. The number of likely N-dealkylation sites (tertiary alicyclic amines) is 1. The first-order valence-electron chi connectivity index (χ1n) is 8.09. The second kappa shape index (κ2) is 7.49. The molecule has 108 valence electrons. The van der Waals surface area contributed by atoms with Gasteiger partial charge >= 0.3 is 0 Å². The third-order valence-corrected chi connectivity index (χ3v) is 4.39. The van der Waals surface area contributed by atoms with E-state index in [4.69, 9.17) is 0 Å². The van der Waals surface area contributed by atoms with Gasteiger partial charge in [0, 0.05) is 12.6 Å². The molecule has 2 heteroatoms. The Balaban J connectivity index is 0.000000771. The van der Waals surface area contributed by atoms with Gasteiger partial charge in [-0.15, -0.1) is 0 Å². The van der Waals surface area contributed by atoms with Crippen LogP contribution in [-0.4, -0.2) is 37.1 Å². The predicted octanol–water partition coefficient (Wildman–Crippen LogP) is 3.52. The summed E-state index contributed by atoms with van der Waals surface area (Å²) in [6.45, 7) is 16.0. The van der Waals surface area contributed by atoms with E-state index < -0.39 is 0 Å². The van der Waals surface area contributed by atoms with Gasteiger partial charge in [-0.1, -0.05) is 34.6 Å². The number of rotatable bonds is 4. The van der Waals surface area contributed by atoms with Crippen LogP contribution in [0.1, 0.15) is 60.3 Å². The van der Waals surface area contributed by atoms with Crippen LogP contribution in [0.25, 0.3) is 0 Å². The highest BCUT2D eigenvalue weighted by Gasteiger charge is 2.45. The SMILES string of the molecule is CC.CCNC1CC2(CCN(CC(C)C)CC2)C1. The van der Waals surface area contributed by atoms with Gasteiger partial charge in [-0.05, 0) is 56.7 Å². The Bertz CT molecular complexity index is 209. The molecule has 1 saturated heterocycles. The van der Waals surface area contributed by atoms with E-state index in [2.05, 4.69) is 31.0 Å². The zero-order valence-electron chi connectivity index (χ0n) is 13.3. The van der Waals surface area contributed by atoms with Crippen LogP contribution in [0.3, 0.4) is 0 Å². The molecule has 1 aliphatic heterocycles. The summed E-state index contributed by atoms with van der Waals surface area (Å²) in [5.74, 6) is 0.824. The molecule has 2 aliphatic rings. The highest BCUT2D eigenvalue weighted by Crippen LogP contribution is 2.49. The second-order valence-electron chi connectivity index (χ2n) is 6.36. The maximum atomic E-state index is 3.58. The first-order valence-corrected chi connectivity index (χ1v) is 8.09. The predicted molar refractivity (Wildman–Crippen MR) is 81.0 cm³/mol. The van der Waals surface area contributed by atoms with Crippen molar-refractivity contribution >= 4 is 0 Å². The number of hydrogen-bond acceptors (Lipinski definition) is 2. The maximum absolute atomic E-state index is 3.58. The Hall–Kier alpha value is -0.0800. The summed E-state index contributed by atoms with van der Waals surface area (Å²) in [4.78, 5) is 2.66. The Morgan fingerprint density at radius 1 is 1.17 bits per heavy atom. The van der Waals surface area contributed by atoms with Gasteiger partial charge in [0.2, 0.25) is 0 Å². The molecule has 2 nitrogen and oxygen atoms in total. The number of nitrogens with zero attached hydrogens (tertiary/aromatic N) is 1. The van der Waals surface area contributed by atoms with Crippen LogP contribution >= 0.6 is 0 Å². The molecule has 0 aromatic rings.